The van der Waals surface area contributed by atoms with Crippen LogP contribution >= 0.6 is 20.5 Å². The van der Waals surface area contributed by atoms with Gasteiger partial charge in [0.25, 0.3) is 0 Å². The molecule has 13 heavy (non-hydrogen) atoms. The molecule has 80 valence electrons. The Labute approximate surface area is 82.5 Å². The fourth-order valence-corrected chi connectivity index (χ4v) is 1.54. The van der Waals surface area contributed by atoms with Gasteiger partial charge in [-0.25, -0.2) is 4.57 Å². The predicted octanol–water partition coefficient (Wildman–Crippen LogP) is -0.710. The minimum Gasteiger partial charge on any atom is -0.330 e. The van der Waals surface area contributed by atoms with E-state index in [1.165, 1.54) is 0 Å². The Morgan fingerprint density at radius 2 is 2.23 bits per heavy atom. The van der Waals surface area contributed by atoms with Gasteiger partial charge < -0.3 is 20.8 Å². The second kappa shape index (κ2) is 6.78. The number of thiol groups is 1. The van der Waals surface area contributed by atoms with E-state index in [9.17, 15) is 4.57 Å². The van der Waals surface area contributed by atoms with Crippen molar-refractivity contribution in [3.8, 4) is 0 Å². The van der Waals surface area contributed by atoms with Crippen LogP contribution in [0.3, 0.4) is 0 Å². The molecular formula is C5H15N2O4PS. The van der Waals surface area contributed by atoms with Crippen LogP contribution in [0, 0.1) is 0 Å². The molecule has 8 heteroatoms. The van der Waals surface area contributed by atoms with Crippen molar-refractivity contribution in [3.63, 3.8) is 0 Å². The molecule has 1 unspecified atom stereocenters. The Balaban J connectivity index is 3.41. The number of phosphoric acid groups is 1. The molecule has 0 aromatic carbocycles. The van der Waals surface area contributed by atoms with Gasteiger partial charge in [-0.2, -0.15) is 0 Å². The fourth-order valence-electron chi connectivity index (χ4n) is 0.648. The Kier molecular flexibility index (Phi) is 6.98. The number of phosphoric ester groups is 1. The van der Waals surface area contributed by atoms with E-state index in [0.29, 0.717) is 13.1 Å². The first kappa shape index (κ1) is 13.4. The van der Waals surface area contributed by atoms with Crippen molar-refractivity contribution in [1.82, 2.24) is 5.32 Å². The molecule has 0 fully saturated rings. The van der Waals surface area contributed by atoms with E-state index in [2.05, 4.69) is 22.5 Å². The van der Waals surface area contributed by atoms with Crippen LogP contribution in [0.25, 0.3) is 0 Å². The van der Waals surface area contributed by atoms with Crippen LogP contribution in [0.5, 0.6) is 0 Å². The molecule has 1 atom stereocenters. The number of hydrogen-bond donors (Lipinski definition) is 5. The van der Waals surface area contributed by atoms with E-state index in [-0.39, 0.29) is 6.54 Å². The van der Waals surface area contributed by atoms with Gasteiger partial charge in [0, 0.05) is 6.54 Å². The third kappa shape index (κ3) is 10.3. The van der Waals surface area contributed by atoms with Crippen molar-refractivity contribution in [1.29, 1.82) is 0 Å². The Bertz CT molecular complexity index is 176. The maximum Gasteiger partial charge on any atom is 0.470 e. The summed E-state index contributed by atoms with van der Waals surface area (Å²) in [6.07, 6.45) is 0.802. The summed E-state index contributed by atoms with van der Waals surface area (Å²) in [5.41, 5.74) is 4.43. The summed E-state index contributed by atoms with van der Waals surface area (Å²) >= 11 is 3.82. The summed E-state index contributed by atoms with van der Waals surface area (Å²) in [5, 5.41) is 2.88. The molecule has 5 N–H and O–H groups in total. The van der Waals surface area contributed by atoms with E-state index in [1.54, 1.807) is 0 Å². The average molecular weight is 230 g/mol. The lowest BCUT2D eigenvalue weighted by Crippen LogP contribution is -2.26. The highest BCUT2D eigenvalue weighted by Gasteiger charge is 2.18. The van der Waals surface area contributed by atoms with Crippen LogP contribution in [0.15, 0.2) is 0 Å². The number of nitrogens with one attached hydrogen (secondary N) is 1. The molecule has 6 nitrogen and oxygen atoms in total. The molecule has 0 aromatic heterocycles. The van der Waals surface area contributed by atoms with E-state index < -0.39 is 13.3 Å². The van der Waals surface area contributed by atoms with E-state index in [0.717, 1.165) is 6.42 Å². The Morgan fingerprint density at radius 3 is 2.69 bits per heavy atom. The van der Waals surface area contributed by atoms with Crippen molar-refractivity contribution in [2.24, 2.45) is 5.73 Å². The fraction of sp³-hybridized carbons (Fsp3) is 1.00. The molecule has 0 aliphatic rings. The van der Waals surface area contributed by atoms with Crippen molar-refractivity contribution >= 4 is 20.5 Å². The topological polar surface area (TPSA) is 105 Å². The molecular weight excluding hydrogens is 215 g/mol. The summed E-state index contributed by atoms with van der Waals surface area (Å²) in [6.45, 7) is 1.52. The predicted molar refractivity (Wildman–Crippen MR) is 52.4 cm³/mol. The zero-order valence-electron chi connectivity index (χ0n) is 7.09. The van der Waals surface area contributed by atoms with Gasteiger partial charge in [0.2, 0.25) is 0 Å². The maximum absolute atomic E-state index is 10.3. The van der Waals surface area contributed by atoms with Crippen molar-refractivity contribution in [3.05, 3.63) is 0 Å². The van der Waals surface area contributed by atoms with Crippen molar-refractivity contribution in [2.75, 3.05) is 19.6 Å². The van der Waals surface area contributed by atoms with Crippen molar-refractivity contribution in [2.45, 2.75) is 11.9 Å². The lowest BCUT2D eigenvalue weighted by molar-refractivity contribution is 0.181. The third-order valence-electron chi connectivity index (χ3n) is 1.14. The molecule has 0 heterocycles. The van der Waals surface area contributed by atoms with Crippen LogP contribution in [-0.2, 0) is 9.09 Å². The molecule has 0 aliphatic heterocycles. The van der Waals surface area contributed by atoms with Crippen LogP contribution in [-0.4, -0.2) is 34.9 Å². The average Bonchev–Trinajstić information content (AvgIpc) is 1.94. The normalized spacial score (nSPS) is 14.5. The van der Waals surface area contributed by atoms with E-state index >= 15 is 0 Å². The highest BCUT2D eigenvalue weighted by molar-refractivity contribution is 7.81. The van der Waals surface area contributed by atoms with Crippen LogP contribution in [0.2, 0.25) is 0 Å². The number of nitrogens with two attached hydrogens (primary N) is 1. The van der Waals surface area contributed by atoms with E-state index in [4.69, 9.17) is 15.5 Å². The summed E-state index contributed by atoms with van der Waals surface area (Å²) in [6, 6.07) is 0. The SMILES string of the molecule is NCCCNCC(S)OP(=O)(O)O. The van der Waals surface area contributed by atoms with Gasteiger partial charge in [-0.1, -0.05) is 0 Å². The first-order chi connectivity index (χ1) is 5.95. The molecule has 0 rings (SSSR count). The third-order valence-corrected chi connectivity index (χ3v) is 2.12. The Morgan fingerprint density at radius 1 is 1.62 bits per heavy atom. The molecule has 0 amide bonds. The molecule has 0 saturated carbocycles. The monoisotopic (exact) mass is 230 g/mol. The van der Waals surface area contributed by atoms with E-state index in [1.807, 2.05) is 0 Å². The first-order valence-corrected chi connectivity index (χ1v) is 5.83. The first-order valence-electron chi connectivity index (χ1n) is 3.78. The van der Waals surface area contributed by atoms with Gasteiger partial charge in [-0.15, -0.1) is 12.6 Å². The Hall–Kier alpha value is 0.380. The second-order valence-electron chi connectivity index (χ2n) is 2.40. The van der Waals surface area contributed by atoms with Crippen LogP contribution in [0.1, 0.15) is 6.42 Å². The zero-order valence-corrected chi connectivity index (χ0v) is 8.88. The summed E-state index contributed by atoms with van der Waals surface area (Å²) in [7, 11) is -4.42. The highest BCUT2D eigenvalue weighted by Crippen LogP contribution is 2.38. The summed E-state index contributed by atoms with van der Waals surface area (Å²) in [4.78, 5) is 16.8. The molecule has 0 radical (unpaired) electrons. The molecule has 0 saturated heterocycles. The minimum absolute atomic E-state index is 0.272. The zero-order chi connectivity index (χ0) is 10.3. The van der Waals surface area contributed by atoms with Gasteiger partial charge in [-0.05, 0) is 19.5 Å². The van der Waals surface area contributed by atoms with Gasteiger partial charge in [0.05, 0.1) is 0 Å². The van der Waals surface area contributed by atoms with Gasteiger partial charge in [-0.3, -0.25) is 4.52 Å². The van der Waals surface area contributed by atoms with Crippen molar-refractivity contribution < 1.29 is 18.9 Å². The van der Waals surface area contributed by atoms with Gasteiger partial charge in [0.1, 0.15) is 5.44 Å². The summed E-state index contributed by atoms with van der Waals surface area (Å²) < 4.78 is 14.6. The number of rotatable bonds is 7. The largest absolute Gasteiger partial charge is 0.470 e. The minimum atomic E-state index is -4.42. The lowest BCUT2D eigenvalue weighted by Gasteiger charge is -2.13. The quantitative estimate of drug-likeness (QED) is 0.171. The standard InChI is InChI=1S/C5H15N2O4PS/c6-2-1-3-7-4-5(13)11-12(8,9)10/h5,7,13H,1-4,6H2,(H2,8,9,10). The lowest BCUT2D eigenvalue weighted by atomic mass is 10.4. The molecule has 0 aromatic rings. The maximum atomic E-state index is 10.3. The number of hydrogen-bond acceptors (Lipinski definition) is 5. The van der Waals surface area contributed by atoms with Gasteiger partial charge >= 0.3 is 7.82 Å². The van der Waals surface area contributed by atoms with Gasteiger partial charge in [0.15, 0.2) is 0 Å². The van der Waals surface area contributed by atoms with Crippen LogP contribution in [0.4, 0.5) is 0 Å². The highest BCUT2D eigenvalue weighted by atomic mass is 32.1. The molecule has 0 bridgehead atoms. The molecule has 0 spiro atoms. The second-order valence-corrected chi connectivity index (χ2v) is 4.16. The smallest absolute Gasteiger partial charge is 0.330 e. The molecule has 0 aliphatic carbocycles. The van der Waals surface area contributed by atoms with Crippen LogP contribution < -0.4 is 11.1 Å². The summed E-state index contributed by atoms with van der Waals surface area (Å²) in [5.74, 6) is 0.